The first-order chi connectivity index (χ1) is 11.8. The Morgan fingerprint density at radius 1 is 1.28 bits per heavy atom. The summed E-state index contributed by atoms with van der Waals surface area (Å²) in [7, 11) is 0. The molecule has 1 aliphatic carbocycles. The highest BCUT2D eigenvalue weighted by molar-refractivity contribution is 6.30. The summed E-state index contributed by atoms with van der Waals surface area (Å²) in [6.07, 6.45) is 2.20. The van der Waals surface area contributed by atoms with Crippen molar-refractivity contribution in [1.29, 1.82) is 0 Å². The average molecular weight is 377 g/mol. The smallest absolute Gasteiger partial charge is 0.387 e. The summed E-state index contributed by atoms with van der Waals surface area (Å²) in [6.45, 7) is -3.00. The predicted molar refractivity (Wildman–Crippen MR) is 86.8 cm³/mol. The summed E-state index contributed by atoms with van der Waals surface area (Å²) in [5, 5.41) is 14.6. The lowest BCUT2D eigenvalue weighted by molar-refractivity contribution is -0.142. The maximum atomic E-state index is 12.4. The molecule has 0 bridgehead atoms. The second-order valence-electron chi connectivity index (χ2n) is 5.84. The number of hydrogen-bond donors (Lipinski definition) is 3. The van der Waals surface area contributed by atoms with E-state index in [4.69, 9.17) is 16.7 Å². The van der Waals surface area contributed by atoms with E-state index in [2.05, 4.69) is 15.4 Å². The van der Waals surface area contributed by atoms with Crippen LogP contribution >= 0.6 is 11.6 Å². The van der Waals surface area contributed by atoms with Gasteiger partial charge in [0.1, 0.15) is 5.75 Å². The SMILES string of the molecule is O=C(NCc1cc(Cl)ccc1OC(F)F)NC1CCC(C(=O)O)CC1. The van der Waals surface area contributed by atoms with E-state index >= 15 is 0 Å². The molecule has 1 aromatic rings. The highest BCUT2D eigenvalue weighted by Gasteiger charge is 2.26. The van der Waals surface area contributed by atoms with Crippen LogP contribution in [0.1, 0.15) is 31.2 Å². The van der Waals surface area contributed by atoms with E-state index < -0.39 is 18.6 Å². The lowest BCUT2D eigenvalue weighted by Crippen LogP contribution is -2.43. The van der Waals surface area contributed by atoms with E-state index in [0.717, 1.165) is 0 Å². The number of carbonyl (C=O) groups is 2. The molecule has 1 aromatic carbocycles. The number of carboxylic acids is 1. The maximum Gasteiger partial charge on any atom is 0.387 e. The van der Waals surface area contributed by atoms with Gasteiger partial charge in [0.2, 0.25) is 0 Å². The zero-order valence-corrected chi connectivity index (χ0v) is 14.1. The molecule has 2 rings (SSSR count). The van der Waals surface area contributed by atoms with Crippen LogP contribution in [0.2, 0.25) is 5.02 Å². The second-order valence-corrected chi connectivity index (χ2v) is 6.28. The summed E-state index contributed by atoms with van der Waals surface area (Å²) in [4.78, 5) is 22.9. The largest absolute Gasteiger partial charge is 0.481 e. The molecular formula is C16H19ClF2N2O4. The Labute approximate surface area is 148 Å². The lowest BCUT2D eigenvalue weighted by Gasteiger charge is -2.26. The lowest BCUT2D eigenvalue weighted by atomic mass is 9.86. The molecule has 3 N–H and O–H groups in total. The molecule has 1 fully saturated rings. The van der Waals surface area contributed by atoms with Gasteiger partial charge in [-0.25, -0.2) is 4.79 Å². The Kier molecular flexibility index (Phi) is 6.81. The first kappa shape index (κ1) is 19.2. The van der Waals surface area contributed by atoms with Crippen LogP contribution in [0.4, 0.5) is 13.6 Å². The third-order valence-electron chi connectivity index (χ3n) is 4.09. The van der Waals surface area contributed by atoms with E-state index in [1.54, 1.807) is 0 Å². The Morgan fingerprint density at radius 3 is 2.56 bits per heavy atom. The molecule has 0 heterocycles. The molecule has 1 aliphatic rings. The molecule has 138 valence electrons. The number of urea groups is 1. The number of carbonyl (C=O) groups excluding carboxylic acids is 1. The van der Waals surface area contributed by atoms with Crippen molar-refractivity contribution in [3.05, 3.63) is 28.8 Å². The molecule has 1 saturated carbocycles. The molecule has 0 atom stereocenters. The number of nitrogens with one attached hydrogen (secondary N) is 2. The number of amides is 2. The molecule has 0 spiro atoms. The number of hydrogen-bond acceptors (Lipinski definition) is 3. The third-order valence-corrected chi connectivity index (χ3v) is 4.32. The third kappa shape index (κ3) is 6.04. The Bertz CT molecular complexity index is 622. The van der Waals surface area contributed by atoms with Crippen molar-refractivity contribution >= 4 is 23.6 Å². The van der Waals surface area contributed by atoms with E-state index in [1.807, 2.05) is 0 Å². The van der Waals surface area contributed by atoms with Crippen molar-refractivity contribution in [3.63, 3.8) is 0 Å². The van der Waals surface area contributed by atoms with Gasteiger partial charge in [-0.15, -0.1) is 0 Å². The Hall–Kier alpha value is -2.09. The monoisotopic (exact) mass is 376 g/mol. The molecule has 2 amide bonds. The number of rotatable bonds is 6. The highest BCUT2D eigenvalue weighted by Crippen LogP contribution is 2.25. The van der Waals surface area contributed by atoms with E-state index in [-0.39, 0.29) is 24.3 Å². The molecule has 0 saturated heterocycles. The van der Waals surface area contributed by atoms with Crippen molar-refractivity contribution in [1.82, 2.24) is 10.6 Å². The van der Waals surface area contributed by atoms with Crippen LogP contribution in [0.5, 0.6) is 5.75 Å². The number of alkyl halides is 2. The summed E-state index contributed by atoms with van der Waals surface area (Å²) < 4.78 is 29.2. The van der Waals surface area contributed by atoms with Gasteiger partial charge in [0.05, 0.1) is 5.92 Å². The zero-order chi connectivity index (χ0) is 18.4. The second kappa shape index (κ2) is 8.84. The fraction of sp³-hybridized carbons (Fsp3) is 0.500. The first-order valence-electron chi connectivity index (χ1n) is 7.85. The van der Waals surface area contributed by atoms with Crippen LogP contribution in [-0.2, 0) is 11.3 Å². The van der Waals surface area contributed by atoms with Gasteiger partial charge in [0.15, 0.2) is 0 Å². The Balaban J connectivity index is 1.84. The first-order valence-corrected chi connectivity index (χ1v) is 8.23. The van der Waals surface area contributed by atoms with Gasteiger partial charge in [-0.3, -0.25) is 4.79 Å². The van der Waals surface area contributed by atoms with Crippen LogP contribution in [-0.4, -0.2) is 29.8 Å². The molecule has 6 nitrogen and oxygen atoms in total. The Morgan fingerprint density at radius 2 is 1.96 bits per heavy atom. The van der Waals surface area contributed by atoms with Crippen molar-refractivity contribution in [2.24, 2.45) is 5.92 Å². The number of halogens is 3. The quantitative estimate of drug-likeness (QED) is 0.710. The number of aliphatic carboxylic acids is 1. The van der Waals surface area contributed by atoms with Gasteiger partial charge >= 0.3 is 18.6 Å². The van der Waals surface area contributed by atoms with Gasteiger partial charge < -0.3 is 20.5 Å². The standard InChI is InChI=1S/C16H19ClF2N2O4/c17-11-3-6-13(25-15(18)19)10(7-11)8-20-16(24)21-12-4-1-9(2-5-12)14(22)23/h3,6-7,9,12,15H,1-2,4-5,8H2,(H,22,23)(H2,20,21,24). The molecule has 25 heavy (non-hydrogen) atoms. The normalized spacial score (nSPS) is 20.2. The maximum absolute atomic E-state index is 12.4. The van der Waals surface area contributed by atoms with Crippen LogP contribution in [0.15, 0.2) is 18.2 Å². The van der Waals surface area contributed by atoms with Gasteiger partial charge in [-0.1, -0.05) is 11.6 Å². The summed E-state index contributed by atoms with van der Waals surface area (Å²) >= 11 is 5.84. The van der Waals surface area contributed by atoms with Crippen molar-refractivity contribution in [2.75, 3.05) is 0 Å². The minimum Gasteiger partial charge on any atom is -0.481 e. The fourth-order valence-electron chi connectivity index (χ4n) is 2.79. The molecule has 0 aliphatic heterocycles. The fourth-order valence-corrected chi connectivity index (χ4v) is 2.99. The van der Waals surface area contributed by atoms with Gasteiger partial charge in [-0.05, 0) is 43.9 Å². The van der Waals surface area contributed by atoms with E-state index in [9.17, 15) is 18.4 Å². The van der Waals surface area contributed by atoms with E-state index in [0.29, 0.717) is 36.3 Å². The molecular weight excluding hydrogens is 358 g/mol. The van der Waals surface area contributed by atoms with Crippen LogP contribution < -0.4 is 15.4 Å². The average Bonchev–Trinajstić information content (AvgIpc) is 2.55. The van der Waals surface area contributed by atoms with Crippen molar-refractivity contribution < 1.29 is 28.2 Å². The summed E-state index contributed by atoms with van der Waals surface area (Å²) in [5.41, 5.74) is 0.331. The van der Waals surface area contributed by atoms with E-state index in [1.165, 1.54) is 18.2 Å². The number of carboxylic acid groups (broad SMARTS) is 1. The van der Waals surface area contributed by atoms with Crippen LogP contribution in [0.3, 0.4) is 0 Å². The predicted octanol–water partition coefficient (Wildman–Crippen LogP) is 3.38. The van der Waals surface area contributed by atoms with Crippen LogP contribution in [0.25, 0.3) is 0 Å². The van der Waals surface area contributed by atoms with Gasteiger partial charge in [0, 0.05) is 23.2 Å². The van der Waals surface area contributed by atoms with Gasteiger partial charge in [0.25, 0.3) is 0 Å². The molecule has 0 unspecified atom stereocenters. The van der Waals surface area contributed by atoms with Crippen molar-refractivity contribution in [2.45, 2.75) is 44.9 Å². The van der Waals surface area contributed by atoms with Crippen molar-refractivity contribution in [3.8, 4) is 5.75 Å². The molecule has 9 heteroatoms. The highest BCUT2D eigenvalue weighted by atomic mass is 35.5. The topological polar surface area (TPSA) is 87.7 Å². The number of ether oxygens (including phenoxy) is 1. The summed E-state index contributed by atoms with van der Waals surface area (Å²) in [6, 6.07) is 3.62. The summed E-state index contributed by atoms with van der Waals surface area (Å²) in [5.74, 6) is -1.22. The molecule has 0 aromatic heterocycles. The van der Waals surface area contributed by atoms with Crippen LogP contribution in [0, 0.1) is 5.92 Å². The number of benzene rings is 1. The minimum atomic E-state index is -2.97. The molecule has 0 radical (unpaired) electrons. The van der Waals surface area contributed by atoms with Gasteiger partial charge in [-0.2, -0.15) is 8.78 Å². The minimum absolute atomic E-state index is 0.0289. The zero-order valence-electron chi connectivity index (χ0n) is 13.3.